The summed E-state index contributed by atoms with van der Waals surface area (Å²) in [5, 5.41) is 10.8. The molecule has 21 heavy (non-hydrogen) atoms. The molecule has 1 aromatic carbocycles. The average molecular weight is 295 g/mol. The van der Waals surface area contributed by atoms with E-state index in [4.69, 9.17) is 9.47 Å². The fourth-order valence-corrected chi connectivity index (χ4v) is 1.63. The Morgan fingerprint density at radius 2 is 1.86 bits per heavy atom. The minimum absolute atomic E-state index is 0.105. The molecule has 6 nitrogen and oxygen atoms in total. The van der Waals surface area contributed by atoms with Crippen molar-refractivity contribution in [1.82, 2.24) is 0 Å². The van der Waals surface area contributed by atoms with Crippen molar-refractivity contribution < 1.29 is 19.2 Å². The van der Waals surface area contributed by atoms with Gasteiger partial charge in [-0.2, -0.15) is 0 Å². The highest BCUT2D eigenvalue weighted by Crippen LogP contribution is 2.26. The van der Waals surface area contributed by atoms with E-state index in [1.807, 2.05) is 13.8 Å². The lowest BCUT2D eigenvalue weighted by molar-refractivity contribution is -0.384. The van der Waals surface area contributed by atoms with E-state index in [-0.39, 0.29) is 17.0 Å². The first-order valence-corrected chi connectivity index (χ1v) is 7.18. The van der Waals surface area contributed by atoms with Crippen LogP contribution in [0.4, 0.5) is 5.69 Å². The molecule has 0 saturated carbocycles. The second-order valence-corrected chi connectivity index (χ2v) is 4.63. The maximum atomic E-state index is 12.0. The van der Waals surface area contributed by atoms with E-state index < -0.39 is 10.9 Å². The smallest absolute Gasteiger partial charge is 0.341 e. The van der Waals surface area contributed by atoms with E-state index in [1.54, 1.807) is 0 Å². The SMILES string of the molecule is CCCCOC(=O)c1ccc([N+](=O)[O-])cc1OCCCC. The van der Waals surface area contributed by atoms with Gasteiger partial charge in [-0.25, -0.2) is 4.79 Å². The summed E-state index contributed by atoms with van der Waals surface area (Å²) < 4.78 is 10.6. The van der Waals surface area contributed by atoms with Gasteiger partial charge >= 0.3 is 5.97 Å². The van der Waals surface area contributed by atoms with E-state index in [2.05, 4.69) is 0 Å². The highest BCUT2D eigenvalue weighted by Gasteiger charge is 2.18. The average Bonchev–Trinajstić information content (AvgIpc) is 2.47. The van der Waals surface area contributed by atoms with Crippen molar-refractivity contribution >= 4 is 11.7 Å². The molecular formula is C15H21NO5. The maximum absolute atomic E-state index is 12.0. The molecule has 0 aliphatic rings. The minimum atomic E-state index is -0.515. The molecule has 0 saturated heterocycles. The number of hydrogen-bond donors (Lipinski definition) is 0. The van der Waals surface area contributed by atoms with Gasteiger partial charge in [0, 0.05) is 6.07 Å². The largest absolute Gasteiger partial charge is 0.492 e. The van der Waals surface area contributed by atoms with E-state index >= 15 is 0 Å². The Labute approximate surface area is 124 Å². The van der Waals surface area contributed by atoms with Crippen LogP contribution < -0.4 is 4.74 Å². The summed E-state index contributed by atoms with van der Waals surface area (Å²) in [6, 6.07) is 3.93. The zero-order valence-corrected chi connectivity index (χ0v) is 12.5. The number of rotatable bonds is 9. The van der Waals surface area contributed by atoms with Crippen molar-refractivity contribution in [2.24, 2.45) is 0 Å². The molecule has 0 fully saturated rings. The number of benzene rings is 1. The molecule has 0 aliphatic heterocycles. The molecule has 0 N–H and O–H groups in total. The molecule has 0 radical (unpaired) electrons. The number of non-ortho nitro benzene ring substituents is 1. The Hall–Kier alpha value is -2.11. The molecule has 0 heterocycles. The van der Waals surface area contributed by atoms with Crippen molar-refractivity contribution in [3.05, 3.63) is 33.9 Å². The van der Waals surface area contributed by atoms with Crippen LogP contribution in [0.1, 0.15) is 49.9 Å². The molecule has 0 aliphatic carbocycles. The number of carbonyl (C=O) groups excluding carboxylic acids is 1. The molecule has 1 aromatic rings. The van der Waals surface area contributed by atoms with Crippen LogP contribution in [0.5, 0.6) is 5.75 Å². The Balaban J connectivity index is 2.88. The van der Waals surface area contributed by atoms with Gasteiger partial charge in [0.15, 0.2) is 0 Å². The highest BCUT2D eigenvalue weighted by molar-refractivity contribution is 5.93. The number of nitrogens with zero attached hydrogens (tertiary/aromatic N) is 1. The van der Waals surface area contributed by atoms with Crippen molar-refractivity contribution in [2.45, 2.75) is 39.5 Å². The number of unbranched alkanes of at least 4 members (excludes halogenated alkanes) is 2. The quantitative estimate of drug-likeness (QED) is 0.300. The van der Waals surface area contributed by atoms with Crippen molar-refractivity contribution in [3.63, 3.8) is 0 Å². The van der Waals surface area contributed by atoms with Crippen LogP contribution in [0.25, 0.3) is 0 Å². The summed E-state index contributed by atoms with van der Waals surface area (Å²) in [7, 11) is 0. The number of esters is 1. The lowest BCUT2D eigenvalue weighted by Crippen LogP contribution is -2.10. The number of nitro benzene ring substituents is 1. The first-order chi connectivity index (χ1) is 10.1. The summed E-state index contributed by atoms with van der Waals surface area (Å²) in [4.78, 5) is 22.3. The zero-order chi connectivity index (χ0) is 15.7. The zero-order valence-electron chi connectivity index (χ0n) is 12.5. The molecule has 1 rings (SSSR count). The van der Waals surface area contributed by atoms with Gasteiger partial charge in [0.1, 0.15) is 11.3 Å². The third-order valence-electron chi connectivity index (χ3n) is 2.88. The lowest BCUT2D eigenvalue weighted by Gasteiger charge is -2.11. The molecular weight excluding hydrogens is 274 g/mol. The minimum Gasteiger partial charge on any atom is -0.492 e. The van der Waals surface area contributed by atoms with Crippen molar-refractivity contribution in [3.8, 4) is 5.75 Å². The molecule has 116 valence electrons. The lowest BCUT2D eigenvalue weighted by atomic mass is 10.2. The van der Waals surface area contributed by atoms with Gasteiger partial charge in [-0.15, -0.1) is 0 Å². The second-order valence-electron chi connectivity index (χ2n) is 4.63. The van der Waals surface area contributed by atoms with Crippen LogP contribution in [0, 0.1) is 10.1 Å². The predicted molar refractivity (Wildman–Crippen MR) is 78.7 cm³/mol. The normalized spacial score (nSPS) is 10.2. The van der Waals surface area contributed by atoms with Gasteiger partial charge in [-0.3, -0.25) is 10.1 Å². The first-order valence-electron chi connectivity index (χ1n) is 7.18. The van der Waals surface area contributed by atoms with Gasteiger partial charge in [0.25, 0.3) is 5.69 Å². The van der Waals surface area contributed by atoms with Crippen LogP contribution >= 0.6 is 0 Å². The topological polar surface area (TPSA) is 78.7 Å². The van der Waals surface area contributed by atoms with Crippen LogP contribution in [-0.4, -0.2) is 24.1 Å². The summed E-state index contributed by atoms with van der Waals surface area (Å²) in [6.45, 7) is 4.75. The standard InChI is InChI=1S/C15H21NO5/c1-3-5-9-20-14-11-12(16(18)19)7-8-13(14)15(17)21-10-6-4-2/h7-8,11H,3-6,9-10H2,1-2H3. The van der Waals surface area contributed by atoms with E-state index in [9.17, 15) is 14.9 Å². The monoisotopic (exact) mass is 295 g/mol. The van der Waals surface area contributed by atoms with Crippen molar-refractivity contribution in [2.75, 3.05) is 13.2 Å². The summed E-state index contributed by atoms with van der Waals surface area (Å²) in [6.07, 6.45) is 3.45. The van der Waals surface area contributed by atoms with Crippen LogP contribution in [0.3, 0.4) is 0 Å². The first kappa shape index (κ1) is 16.9. The fraction of sp³-hybridized carbons (Fsp3) is 0.533. The van der Waals surface area contributed by atoms with Gasteiger partial charge in [0.05, 0.1) is 24.2 Å². The molecule has 0 spiro atoms. The molecule has 0 bridgehead atoms. The highest BCUT2D eigenvalue weighted by atomic mass is 16.6. The molecule has 0 amide bonds. The Kier molecular flexibility index (Phi) is 7.21. The van der Waals surface area contributed by atoms with Gasteiger partial charge in [0.2, 0.25) is 0 Å². The van der Waals surface area contributed by atoms with Crippen LogP contribution in [-0.2, 0) is 4.74 Å². The van der Waals surface area contributed by atoms with Crippen LogP contribution in [0.2, 0.25) is 0 Å². The molecule has 0 atom stereocenters. The molecule has 0 unspecified atom stereocenters. The van der Waals surface area contributed by atoms with Gasteiger partial charge in [-0.05, 0) is 18.9 Å². The third-order valence-corrected chi connectivity index (χ3v) is 2.88. The number of nitro groups is 1. The number of carbonyl (C=O) groups is 1. The third kappa shape index (κ3) is 5.41. The fourth-order valence-electron chi connectivity index (χ4n) is 1.63. The maximum Gasteiger partial charge on any atom is 0.341 e. The summed E-state index contributed by atoms with van der Waals surface area (Å²) in [5.74, 6) is -0.302. The number of ether oxygens (including phenoxy) is 2. The Morgan fingerprint density at radius 3 is 2.48 bits per heavy atom. The summed E-state index contributed by atoms with van der Waals surface area (Å²) >= 11 is 0. The van der Waals surface area contributed by atoms with Crippen molar-refractivity contribution in [1.29, 1.82) is 0 Å². The predicted octanol–water partition coefficient (Wildman–Crippen LogP) is 3.73. The van der Waals surface area contributed by atoms with Gasteiger partial charge in [-0.1, -0.05) is 26.7 Å². The van der Waals surface area contributed by atoms with E-state index in [0.29, 0.717) is 13.2 Å². The van der Waals surface area contributed by atoms with Crippen LogP contribution in [0.15, 0.2) is 18.2 Å². The Bertz CT molecular complexity index is 487. The number of hydrogen-bond acceptors (Lipinski definition) is 5. The van der Waals surface area contributed by atoms with E-state index in [0.717, 1.165) is 25.7 Å². The van der Waals surface area contributed by atoms with Gasteiger partial charge < -0.3 is 9.47 Å². The molecule has 6 heteroatoms. The second kappa shape index (κ2) is 8.94. The summed E-state index contributed by atoms with van der Waals surface area (Å²) in [5.41, 5.74) is 0.124. The Morgan fingerprint density at radius 1 is 1.19 bits per heavy atom. The van der Waals surface area contributed by atoms with E-state index in [1.165, 1.54) is 18.2 Å². The molecule has 0 aromatic heterocycles.